The Bertz CT molecular complexity index is 310. The molecule has 1 heterocycles. The predicted molar refractivity (Wildman–Crippen MR) is 55.3 cm³/mol. The SMILES string of the molecule is Cc1nc(Cl)c(C)c(NC(C)C)n1. The van der Waals surface area contributed by atoms with Gasteiger partial charge in [0.15, 0.2) is 0 Å². The predicted octanol–water partition coefficient (Wildman–Crippen LogP) is 2.57. The molecular weight excluding hydrogens is 186 g/mol. The lowest BCUT2D eigenvalue weighted by atomic mass is 10.3. The van der Waals surface area contributed by atoms with E-state index in [0.29, 0.717) is 17.0 Å². The summed E-state index contributed by atoms with van der Waals surface area (Å²) >= 11 is 5.91. The molecule has 1 aromatic heterocycles. The second-order valence-corrected chi connectivity index (χ2v) is 3.69. The third-order valence-electron chi connectivity index (χ3n) is 1.62. The molecule has 1 aromatic rings. The number of rotatable bonds is 2. The van der Waals surface area contributed by atoms with E-state index >= 15 is 0 Å². The highest BCUT2D eigenvalue weighted by Crippen LogP contribution is 2.19. The van der Waals surface area contributed by atoms with Gasteiger partial charge in [0.05, 0.1) is 0 Å². The molecule has 0 saturated heterocycles. The lowest BCUT2D eigenvalue weighted by Gasteiger charge is -2.12. The fraction of sp³-hybridized carbons (Fsp3) is 0.556. The molecule has 0 fully saturated rings. The van der Waals surface area contributed by atoms with Gasteiger partial charge >= 0.3 is 0 Å². The summed E-state index contributed by atoms with van der Waals surface area (Å²) in [5.74, 6) is 1.52. The molecular formula is C9H14ClN3. The van der Waals surface area contributed by atoms with E-state index in [2.05, 4.69) is 29.1 Å². The van der Waals surface area contributed by atoms with Crippen LogP contribution in [-0.4, -0.2) is 16.0 Å². The van der Waals surface area contributed by atoms with Gasteiger partial charge < -0.3 is 5.32 Å². The van der Waals surface area contributed by atoms with Crippen molar-refractivity contribution in [3.8, 4) is 0 Å². The summed E-state index contributed by atoms with van der Waals surface area (Å²) in [6.45, 7) is 7.86. The van der Waals surface area contributed by atoms with Gasteiger partial charge in [0.25, 0.3) is 0 Å². The van der Waals surface area contributed by atoms with Crippen molar-refractivity contribution < 1.29 is 0 Å². The van der Waals surface area contributed by atoms with Gasteiger partial charge in [-0.15, -0.1) is 0 Å². The first-order valence-electron chi connectivity index (χ1n) is 4.28. The van der Waals surface area contributed by atoms with Crippen molar-refractivity contribution in [2.24, 2.45) is 0 Å². The first kappa shape index (κ1) is 10.3. The molecule has 0 atom stereocenters. The van der Waals surface area contributed by atoms with Gasteiger partial charge in [-0.1, -0.05) is 11.6 Å². The minimum atomic E-state index is 0.351. The van der Waals surface area contributed by atoms with Crippen molar-refractivity contribution in [1.82, 2.24) is 9.97 Å². The maximum absolute atomic E-state index is 5.91. The summed E-state index contributed by atoms with van der Waals surface area (Å²) in [6, 6.07) is 0.351. The maximum atomic E-state index is 5.91. The van der Waals surface area contributed by atoms with Crippen molar-refractivity contribution in [2.45, 2.75) is 33.7 Å². The Balaban J connectivity index is 3.05. The van der Waals surface area contributed by atoms with Gasteiger partial charge in [-0.3, -0.25) is 0 Å². The summed E-state index contributed by atoms with van der Waals surface area (Å²) in [5.41, 5.74) is 0.904. The highest BCUT2D eigenvalue weighted by molar-refractivity contribution is 6.30. The summed E-state index contributed by atoms with van der Waals surface area (Å²) in [6.07, 6.45) is 0. The van der Waals surface area contributed by atoms with E-state index in [1.54, 1.807) is 0 Å². The molecule has 0 amide bonds. The smallest absolute Gasteiger partial charge is 0.137 e. The van der Waals surface area contributed by atoms with Gasteiger partial charge in [0, 0.05) is 11.6 Å². The number of nitrogens with zero attached hydrogens (tertiary/aromatic N) is 2. The van der Waals surface area contributed by atoms with Gasteiger partial charge in [-0.2, -0.15) is 0 Å². The van der Waals surface area contributed by atoms with Gasteiger partial charge in [0.2, 0.25) is 0 Å². The molecule has 0 aliphatic carbocycles. The second-order valence-electron chi connectivity index (χ2n) is 3.33. The summed E-state index contributed by atoms with van der Waals surface area (Å²) in [5, 5.41) is 3.74. The molecule has 3 nitrogen and oxygen atoms in total. The van der Waals surface area contributed by atoms with Crippen LogP contribution in [0.3, 0.4) is 0 Å². The number of nitrogens with one attached hydrogen (secondary N) is 1. The van der Waals surface area contributed by atoms with Crippen LogP contribution < -0.4 is 5.32 Å². The number of hydrogen-bond acceptors (Lipinski definition) is 3. The molecule has 0 spiro atoms. The zero-order valence-electron chi connectivity index (χ0n) is 8.35. The normalized spacial score (nSPS) is 10.6. The molecule has 0 unspecified atom stereocenters. The minimum absolute atomic E-state index is 0.351. The molecule has 0 aliphatic rings. The highest BCUT2D eigenvalue weighted by Gasteiger charge is 2.07. The van der Waals surface area contributed by atoms with Crippen LogP contribution in [-0.2, 0) is 0 Å². The van der Waals surface area contributed by atoms with Crippen LogP contribution >= 0.6 is 11.6 Å². The second kappa shape index (κ2) is 3.92. The molecule has 4 heteroatoms. The van der Waals surface area contributed by atoms with E-state index in [-0.39, 0.29) is 0 Å². The Morgan fingerprint density at radius 1 is 1.23 bits per heavy atom. The largest absolute Gasteiger partial charge is 0.368 e. The van der Waals surface area contributed by atoms with E-state index < -0.39 is 0 Å². The van der Waals surface area contributed by atoms with Crippen LogP contribution in [0, 0.1) is 13.8 Å². The Hall–Kier alpha value is -0.830. The highest BCUT2D eigenvalue weighted by atomic mass is 35.5. The molecule has 0 saturated carbocycles. The van der Waals surface area contributed by atoms with E-state index in [4.69, 9.17) is 11.6 Å². The van der Waals surface area contributed by atoms with Crippen molar-refractivity contribution in [1.29, 1.82) is 0 Å². The Morgan fingerprint density at radius 3 is 2.38 bits per heavy atom. The van der Waals surface area contributed by atoms with Crippen LogP contribution in [0.1, 0.15) is 25.2 Å². The van der Waals surface area contributed by atoms with E-state index in [1.807, 2.05) is 13.8 Å². The van der Waals surface area contributed by atoms with Gasteiger partial charge in [-0.05, 0) is 27.7 Å². The number of hydrogen-bond donors (Lipinski definition) is 1. The maximum Gasteiger partial charge on any atom is 0.137 e. The van der Waals surface area contributed by atoms with E-state index in [9.17, 15) is 0 Å². The van der Waals surface area contributed by atoms with Crippen molar-refractivity contribution in [3.05, 3.63) is 16.5 Å². The lowest BCUT2D eigenvalue weighted by molar-refractivity contribution is 0.875. The molecule has 0 aromatic carbocycles. The Labute approximate surface area is 83.5 Å². The fourth-order valence-corrected chi connectivity index (χ4v) is 1.22. The standard InChI is InChI=1S/C9H14ClN3/c1-5(2)11-9-6(3)8(10)12-7(4)13-9/h5H,1-4H3,(H,11,12,13). The van der Waals surface area contributed by atoms with Crippen LogP contribution in [0.2, 0.25) is 5.15 Å². The molecule has 1 rings (SSSR count). The average Bonchev–Trinajstić information content (AvgIpc) is 1.98. The fourth-order valence-electron chi connectivity index (χ4n) is 1.01. The lowest BCUT2D eigenvalue weighted by Crippen LogP contribution is -2.13. The summed E-state index contributed by atoms with van der Waals surface area (Å²) in [7, 11) is 0. The van der Waals surface area contributed by atoms with E-state index in [1.165, 1.54) is 0 Å². The number of aryl methyl sites for hydroxylation is 1. The summed E-state index contributed by atoms with van der Waals surface area (Å²) in [4.78, 5) is 8.32. The Morgan fingerprint density at radius 2 is 1.85 bits per heavy atom. The molecule has 0 radical (unpaired) electrons. The molecule has 1 N–H and O–H groups in total. The number of aromatic nitrogens is 2. The van der Waals surface area contributed by atoms with Crippen LogP contribution in [0.25, 0.3) is 0 Å². The number of halogens is 1. The molecule has 13 heavy (non-hydrogen) atoms. The van der Waals surface area contributed by atoms with Crippen molar-refractivity contribution in [3.63, 3.8) is 0 Å². The zero-order valence-corrected chi connectivity index (χ0v) is 9.11. The first-order valence-corrected chi connectivity index (χ1v) is 4.65. The molecule has 72 valence electrons. The van der Waals surface area contributed by atoms with Gasteiger partial charge in [0.1, 0.15) is 16.8 Å². The molecule has 0 aliphatic heterocycles. The van der Waals surface area contributed by atoms with E-state index in [0.717, 1.165) is 11.4 Å². The monoisotopic (exact) mass is 199 g/mol. The van der Waals surface area contributed by atoms with Gasteiger partial charge in [-0.25, -0.2) is 9.97 Å². The quantitative estimate of drug-likeness (QED) is 0.744. The average molecular weight is 200 g/mol. The zero-order chi connectivity index (χ0) is 10.0. The van der Waals surface area contributed by atoms with Crippen LogP contribution in [0.15, 0.2) is 0 Å². The topological polar surface area (TPSA) is 37.8 Å². The first-order chi connectivity index (χ1) is 6.00. The minimum Gasteiger partial charge on any atom is -0.368 e. The summed E-state index contributed by atoms with van der Waals surface area (Å²) < 4.78 is 0. The van der Waals surface area contributed by atoms with Crippen molar-refractivity contribution in [2.75, 3.05) is 5.32 Å². The molecule has 0 bridgehead atoms. The van der Waals surface area contributed by atoms with Crippen molar-refractivity contribution >= 4 is 17.4 Å². The Kier molecular flexibility index (Phi) is 3.09. The van der Waals surface area contributed by atoms with Crippen LogP contribution in [0.5, 0.6) is 0 Å². The number of anilines is 1. The third-order valence-corrected chi connectivity index (χ3v) is 1.99. The third kappa shape index (κ3) is 2.56. The van der Waals surface area contributed by atoms with Crippen LogP contribution in [0.4, 0.5) is 5.82 Å².